The number of ether oxygens (including phenoxy) is 2. The van der Waals surface area contributed by atoms with E-state index in [1.807, 2.05) is 27.7 Å². The Morgan fingerprint density at radius 2 is 1.67 bits per heavy atom. The summed E-state index contributed by atoms with van der Waals surface area (Å²) in [5.41, 5.74) is 2.11. The van der Waals surface area contributed by atoms with Gasteiger partial charge in [-0.3, -0.25) is 0 Å². The van der Waals surface area contributed by atoms with Gasteiger partial charge in [-0.05, 0) is 40.0 Å². The van der Waals surface area contributed by atoms with Crippen LogP contribution in [0.4, 0.5) is 0 Å². The molecule has 0 aromatic heterocycles. The lowest BCUT2D eigenvalue weighted by Crippen LogP contribution is -2.12. The quantitative estimate of drug-likeness (QED) is 0.429. The van der Waals surface area contributed by atoms with Crippen LogP contribution in [0.25, 0.3) is 0 Å². The van der Waals surface area contributed by atoms with Gasteiger partial charge in [-0.25, -0.2) is 4.79 Å². The predicted octanol–water partition coefficient (Wildman–Crippen LogP) is 3.73. The SMILES string of the molecule is CC(C)(C)C1CO1.CC(C)=C(C)C(=O)OC(C)C. The summed E-state index contributed by atoms with van der Waals surface area (Å²) < 4.78 is 10.0. The molecule has 106 valence electrons. The Balaban J connectivity index is 0.000000351. The van der Waals surface area contributed by atoms with Gasteiger partial charge in [0.05, 0.1) is 18.8 Å². The zero-order valence-corrected chi connectivity index (χ0v) is 13.1. The topological polar surface area (TPSA) is 38.8 Å². The van der Waals surface area contributed by atoms with Crippen molar-refractivity contribution in [1.82, 2.24) is 0 Å². The van der Waals surface area contributed by atoms with Crippen molar-refractivity contribution >= 4 is 5.97 Å². The summed E-state index contributed by atoms with van der Waals surface area (Å²) in [6, 6.07) is 0. The highest BCUT2D eigenvalue weighted by molar-refractivity contribution is 5.88. The molecule has 0 aliphatic carbocycles. The first kappa shape index (κ1) is 17.2. The van der Waals surface area contributed by atoms with Crippen LogP contribution in [-0.2, 0) is 14.3 Å². The molecule has 0 bridgehead atoms. The summed E-state index contributed by atoms with van der Waals surface area (Å²) >= 11 is 0. The molecule has 1 heterocycles. The summed E-state index contributed by atoms with van der Waals surface area (Å²) in [6.45, 7) is 16.8. The Hall–Kier alpha value is -0.830. The van der Waals surface area contributed by atoms with Crippen LogP contribution in [0.3, 0.4) is 0 Å². The standard InChI is InChI=1S/C9H16O2.C6H12O/c1-6(2)8(5)9(10)11-7(3)4;1-6(2,3)5-4-7-5/h7H,1-5H3;5H,4H2,1-3H3. The largest absolute Gasteiger partial charge is 0.460 e. The lowest BCUT2D eigenvalue weighted by atomic mass is 9.93. The van der Waals surface area contributed by atoms with Crippen LogP contribution < -0.4 is 0 Å². The molecule has 1 rings (SSSR count). The van der Waals surface area contributed by atoms with Crippen molar-refractivity contribution in [2.75, 3.05) is 6.61 Å². The number of hydrogen-bond acceptors (Lipinski definition) is 3. The van der Waals surface area contributed by atoms with Crippen LogP contribution in [0.15, 0.2) is 11.1 Å². The molecular weight excluding hydrogens is 228 g/mol. The Morgan fingerprint density at radius 1 is 1.22 bits per heavy atom. The molecule has 1 aliphatic rings. The van der Waals surface area contributed by atoms with Crippen LogP contribution in [-0.4, -0.2) is 24.8 Å². The van der Waals surface area contributed by atoms with E-state index >= 15 is 0 Å². The zero-order chi connectivity index (χ0) is 14.5. The fraction of sp³-hybridized carbons (Fsp3) is 0.800. The highest BCUT2D eigenvalue weighted by Crippen LogP contribution is 2.30. The molecule has 0 amide bonds. The molecule has 0 saturated carbocycles. The van der Waals surface area contributed by atoms with E-state index in [0.717, 1.165) is 12.2 Å². The molecule has 1 fully saturated rings. The van der Waals surface area contributed by atoms with Crippen molar-refractivity contribution in [2.45, 2.75) is 67.6 Å². The second-order valence-electron chi connectivity index (χ2n) is 6.27. The van der Waals surface area contributed by atoms with E-state index in [1.165, 1.54) is 0 Å². The van der Waals surface area contributed by atoms with Gasteiger partial charge in [-0.1, -0.05) is 26.3 Å². The van der Waals surface area contributed by atoms with Crippen molar-refractivity contribution in [3.8, 4) is 0 Å². The molecular formula is C15H28O3. The summed E-state index contributed by atoms with van der Waals surface area (Å²) in [7, 11) is 0. The van der Waals surface area contributed by atoms with Crippen LogP contribution in [0, 0.1) is 5.41 Å². The summed E-state index contributed by atoms with van der Waals surface area (Å²) in [4.78, 5) is 11.1. The smallest absolute Gasteiger partial charge is 0.333 e. The summed E-state index contributed by atoms with van der Waals surface area (Å²) in [5, 5.41) is 0. The maximum Gasteiger partial charge on any atom is 0.333 e. The number of epoxide rings is 1. The van der Waals surface area contributed by atoms with E-state index in [1.54, 1.807) is 6.92 Å². The molecule has 0 aromatic carbocycles. The number of esters is 1. The van der Waals surface area contributed by atoms with E-state index in [2.05, 4.69) is 20.8 Å². The van der Waals surface area contributed by atoms with Crippen molar-refractivity contribution < 1.29 is 14.3 Å². The normalized spacial score (nSPS) is 17.7. The Morgan fingerprint density at radius 3 is 1.83 bits per heavy atom. The number of rotatable bonds is 2. The van der Waals surface area contributed by atoms with E-state index < -0.39 is 0 Å². The van der Waals surface area contributed by atoms with Gasteiger partial charge in [-0.15, -0.1) is 0 Å². The van der Waals surface area contributed by atoms with Gasteiger partial charge in [-0.2, -0.15) is 0 Å². The van der Waals surface area contributed by atoms with Gasteiger partial charge >= 0.3 is 5.97 Å². The van der Waals surface area contributed by atoms with Crippen molar-refractivity contribution in [1.29, 1.82) is 0 Å². The molecule has 3 heteroatoms. The summed E-state index contributed by atoms with van der Waals surface area (Å²) in [5.74, 6) is -0.208. The number of allylic oxidation sites excluding steroid dienone is 1. The molecule has 0 N–H and O–H groups in total. The minimum absolute atomic E-state index is 0.0307. The zero-order valence-electron chi connectivity index (χ0n) is 13.1. The van der Waals surface area contributed by atoms with Gasteiger partial charge < -0.3 is 9.47 Å². The number of carbonyl (C=O) groups excluding carboxylic acids is 1. The molecule has 1 saturated heterocycles. The van der Waals surface area contributed by atoms with Crippen LogP contribution in [0.2, 0.25) is 0 Å². The monoisotopic (exact) mass is 256 g/mol. The second kappa shape index (κ2) is 6.93. The number of hydrogen-bond donors (Lipinski definition) is 0. The molecule has 0 radical (unpaired) electrons. The van der Waals surface area contributed by atoms with Gasteiger partial charge in [0.15, 0.2) is 0 Å². The van der Waals surface area contributed by atoms with Crippen LogP contribution in [0.1, 0.15) is 55.4 Å². The molecule has 1 unspecified atom stereocenters. The molecule has 0 spiro atoms. The fourth-order valence-corrected chi connectivity index (χ4v) is 1.05. The molecule has 1 atom stereocenters. The molecule has 1 aliphatic heterocycles. The van der Waals surface area contributed by atoms with Gasteiger partial charge in [0.2, 0.25) is 0 Å². The fourth-order valence-electron chi connectivity index (χ4n) is 1.05. The molecule has 0 aromatic rings. The Bertz CT molecular complexity index is 300. The highest BCUT2D eigenvalue weighted by Gasteiger charge is 2.35. The van der Waals surface area contributed by atoms with Crippen molar-refractivity contribution in [3.63, 3.8) is 0 Å². The lowest BCUT2D eigenvalue weighted by Gasteiger charge is -2.12. The number of carbonyl (C=O) groups is 1. The second-order valence-corrected chi connectivity index (χ2v) is 6.27. The van der Waals surface area contributed by atoms with Crippen molar-refractivity contribution in [3.05, 3.63) is 11.1 Å². The summed E-state index contributed by atoms with van der Waals surface area (Å²) in [6.07, 6.45) is 0.518. The van der Waals surface area contributed by atoms with Crippen molar-refractivity contribution in [2.24, 2.45) is 5.41 Å². The van der Waals surface area contributed by atoms with Crippen LogP contribution in [0.5, 0.6) is 0 Å². The average molecular weight is 256 g/mol. The lowest BCUT2D eigenvalue weighted by molar-refractivity contribution is -0.142. The van der Waals surface area contributed by atoms with Gasteiger partial charge in [0, 0.05) is 5.57 Å². The first-order chi connectivity index (χ1) is 8.05. The van der Waals surface area contributed by atoms with Gasteiger partial charge in [0.25, 0.3) is 0 Å². The molecule has 3 nitrogen and oxygen atoms in total. The van der Waals surface area contributed by atoms with E-state index in [4.69, 9.17) is 9.47 Å². The average Bonchev–Trinajstić information content (AvgIpc) is 2.97. The van der Waals surface area contributed by atoms with E-state index in [9.17, 15) is 4.79 Å². The maximum atomic E-state index is 11.1. The third-order valence-electron chi connectivity index (χ3n) is 2.70. The minimum atomic E-state index is -0.208. The van der Waals surface area contributed by atoms with E-state index in [0.29, 0.717) is 17.1 Å². The Kier molecular flexibility index (Phi) is 6.61. The van der Waals surface area contributed by atoms with Crippen LogP contribution >= 0.6 is 0 Å². The minimum Gasteiger partial charge on any atom is -0.460 e. The Labute approximate surface area is 112 Å². The molecule has 18 heavy (non-hydrogen) atoms. The predicted molar refractivity (Wildman–Crippen MR) is 74.5 cm³/mol. The first-order valence-corrected chi connectivity index (χ1v) is 6.52. The maximum absolute atomic E-state index is 11.1. The van der Waals surface area contributed by atoms with Gasteiger partial charge in [0.1, 0.15) is 0 Å². The third-order valence-corrected chi connectivity index (χ3v) is 2.70. The highest BCUT2D eigenvalue weighted by atomic mass is 16.6. The first-order valence-electron chi connectivity index (χ1n) is 6.52. The van der Waals surface area contributed by atoms with E-state index in [-0.39, 0.29) is 12.1 Å². The third kappa shape index (κ3) is 7.49.